The third-order valence-electron chi connectivity index (χ3n) is 2.87. The molecule has 5 nitrogen and oxygen atoms in total. The minimum atomic E-state index is -0.357. The van der Waals surface area contributed by atoms with Crippen LogP contribution in [-0.4, -0.2) is 35.0 Å². The molecule has 0 amide bonds. The molecule has 2 heterocycles. The predicted octanol–water partition coefficient (Wildman–Crippen LogP) is 1.48. The first-order valence-electron chi connectivity index (χ1n) is 5.90. The lowest BCUT2D eigenvalue weighted by Crippen LogP contribution is -2.26. The summed E-state index contributed by atoms with van der Waals surface area (Å²) in [6.07, 6.45) is 1.43. The van der Waals surface area contributed by atoms with Crippen molar-refractivity contribution in [3.8, 4) is 0 Å². The zero-order valence-corrected chi connectivity index (χ0v) is 10.5. The Labute approximate surface area is 100 Å². The van der Waals surface area contributed by atoms with E-state index in [1.807, 2.05) is 13.8 Å². The Morgan fingerprint density at radius 3 is 3.06 bits per heavy atom. The smallest absolute Gasteiger partial charge is 0.359 e. The van der Waals surface area contributed by atoms with Crippen LogP contribution in [0.5, 0.6) is 0 Å². The van der Waals surface area contributed by atoms with Crippen LogP contribution in [0.15, 0.2) is 0 Å². The molecule has 0 bridgehead atoms. The number of carbonyl (C=O) groups excluding carboxylic acids is 1. The van der Waals surface area contributed by atoms with E-state index in [-0.39, 0.29) is 11.6 Å². The Kier molecular flexibility index (Phi) is 3.19. The molecule has 0 unspecified atom stereocenters. The van der Waals surface area contributed by atoms with Crippen molar-refractivity contribution in [1.82, 2.24) is 10.2 Å². The molecule has 0 aliphatic carbocycles. The zero-order valence-electron chi connectivity index (χ0n) is 10.5. The van der Waals surface area contributed by atoms with Crippen LogP contribution in [0.4, 0.5) is 0 Å². The number of rotatable bonds is 2. The number of fused-ring (bicyclic) bond motifs is 1. The molecule has 1 aliphatic heterocycles. The van der Waals surface area contributed by atoms with Crippen LogP contribution in [0.2, 0.25) is 0 Å². The van der Waals surface area contributed by atoms with E-state index >= 15 is 0 Å². The van der Waals surface area contributed by atoms with Crippen LogP contribution >= 0.6 is 0 Å². The van der Waals surface area contributed by atoms with Crippen LogP contribution in [0.1, 0.15) is 42.5 Å². The average molecular weight is 238 g/mol. The molecule has 0 atom stereocenters. The summed E-state index contributed by atoms with van der Waals surface area (Å²) in [6, 6.07) is 0. The molecule has 0 radical (unpaired) electrons. The second-order valence-corrected chi connectivity index (χ2v) is 4.78. The van der Waals surface area contributed by atoms with E-state index in [1.54, 1.807) is 6.92 Å². The Morgan fingerprint density at radius 1 is 1.59 bits per heavy atom. The molecule has 5 heteroatoms. The minimum absolute atomic E-state index is 0.219. The number of carbonyl (C=O) groups is 1. The van der Waals surface area contributed by atoms with Crippen molar-refractivity contribution in [3.63, 3.8) is 0 Å². The van der Waals surface area contributed by atoms with Crippen molar-refractivity contribution in [1.29, 1.82) is 0 Å². The number of ether oxygens (including phenoxy) is 2. The lowest BCUT2D eigenvalue weighted by molar-refractivity contribution is -0.0110. The quantitative estimate of drug-likeness (QED) is 0.793. The van der Waals surface area contributed by atoms with E-state index < -0.39 is 0 Å². The molecule has 0 spiro atoms. The summed E-state index contributed by atoms with van der Waals surface area (Å²) >= 11 is 0. The molecular weight excluding hydrogens is 220 g/mol. The molecule has 94 valence electrons. The first kappa shape index (κ1) is 12.1. The standard InChI is InChI=1S/C12H18N2O3/c1-4-16-11(15)10-8-5-6-17-12(2,3)7-9(8)13-14-10/h4-7H2,1-3H3,(H,13,14). The second-order valence-electron chi connectivity index (χ2n) is 4.78. The SMILES string of the molecule is CCOC(=O)c1n[nH]c2c1CCOC(C)(C)C2. The molecule has 17 heavy (non-hydrogen) atoms. The van der Waals surface area contributed by atoms with Crippen molar-refractivity contribution in [2.75, 3.05) is 13.2 Å². The number of H-pyrrole nitrogens is 1. The summed E-state index contributed by atoms with van der Waals surface area (Å²) in [6.45, 7) is 6.82. The fourth-order valence-electron chi connectivity index (χ4n) is 2.09. The van der Waals surface area contributed by atoms with E-state index in [1.165, 1.54) is 0 Å². The van der Waals surface area contributed by atoms with Crippen LogP contribution in [0, 0.1) is 0 Å². The van der Waals surface area contributed by atoms with E-state index in [0.29, 0.717) is 25.3 Å². The van der Waals surface area contributed by atoms with Gasteiger partial charge >= 0.3 is 5.97 Å². The van der Waals surface area contributed by atoms with Crippen molar-refractivity contribution in [3.05, 3.63) is 17.0 Å². The normalized spacial score (nSPS) is 18.3. The maximum absolute atomic E-state index is 11.7. The molecule has 0 saturated carbocycles. The van der Waals surface area contributed by atoms with Gasteiger partial charge < -0.3 is 9.47 Å². The van der Waals surface area contributed by atoms with Crippen LogP contribution in [0.3, 0.4) is 0 Å². The fraction of sp³-hybridized carbons (Fsp3) is 0.667. The number of nitrogens with zero attached hydrogens (tertiary/aromatic N) is 1. The van der Waals surface area contributed by atoms with Gasteiger partial charge in [0.15, 0.2) is 5.69 Å². The largest absolute Gasteiger partial charge is 0.461 e. The highest BCUT2D eigenvalue weighted by Crippen LogP contribution is 2.25. The minimum Gasteiger partial charge on any atom is -0.461 e. The predicted molar refractivity (Wildman–Crippen MR) is 62.0 cm³/mol. The third-order valence-corrected chi connectivity index (χ3v) is 2.87. The van der Waals surface area contributed by atoms with Gasteiger partial charge in [-0.15, -0.1) is 0 Å². The van der Waals surface area contributed by atoms with Crippen LogP contribution in [-0.2, 0) is 22.3 Å². The first-order chi connectivity index (χ1) is 8.03. The maximum atomic E-state index is 11.7. The van der Waals surface area contributed by atoms with Gasteiger partial charge in [0.25, 0.3) is 0 Å². The molecule has 1 aromatic rings. The Bertz CT molecular complexity index is 423. The zero-order chi connectivity index (χ0) is 12.5. The van der Waals surface area contributed by atoms with E-state index in [9.17, 15) is 4.79 Å². The number of aromatic amines is 1. The van der Waals surface area contributed by atoms with Crippen molar-refractivity contribution >= 4 is 5.97 Å². The number of hydrogen-bond donors (Lipinski definition) is 1. The average Bonchev–Trinajstić information content (AvgIpc) is 2.54. The Morgan fingerprint density at radius 2 is 2.35 bits per heavy atom. The van der Waals surface area contributed by atoms with Gasteiger partial charge in [0.1, 0.15) is 0 Å². The lowest BCUT2D eigenvalue weighted by Gasteiger charge is -2.22. The molecule has 0 saturated heterocycles. The van der Waals surface area contributed by atoms with Gasteiger partial charge in [0.2, 0.25) is 0 Å². The summed E-state index contributed by atoms with van der Waals surface area (Å²) in [4.78, 5) is 11.7. The molecular formula is C12H18N2O3. The van der Waals surface area contributed by atoms with E-state index in [2.05, 4.69) is 10.2 Å². The molecule has 0 fully saturated rings. The van der Waals surface area contributed by atoms with Gasteiger partial charge in [-0.2, -0.15) is 5.10 Å². The number of nitrogens with one attached hydrogen (secondary N) is 1. The van der Waals surface area contributed by atoms with Crippen LogP contribution in [0.25, 0.3) is 0 Å². The summed E-state index contributed by atoms with van der Waals surface area (Å²) in [5, 5.41) is 7.00. The lowest BCUT2D eigenvalue weighted by atomic mass is 10.00. The summed E-state index contributed by atoms with van der Waals surface area (Å²) in [7, 11) is 0. The third kappa shape index (κ3) is 2.49. The van der Waals surface area contributed by atoms with Gasteiger partial charge in [-0.1, -0.05) is 0 Å². The topological polar surface area (TPSA) is 64.2 Å². The molecule has 1 aromatic heterocycles. The van der Waals surface area contributed by atoms with Gasteiger partial charge in [0.05, 0.1) is 18.8 Å². The van der Waals surface area contributed by atoms with E-state index in [4.69, 9.17) is 9.47 Å². The number of esters is 1. The molecule has 0 aromatic carbocycles. The van der Waals surface area contributed by atoms with Gasteiger partial charge in [-0.05, 0) is 20.8 Å². The van der Waals surface area contributed by atoms with Gasteiger partial charge in [-0.3, -0.25) is 5.10 Å². The summed E-state index contributed by atoms with van der Waals surface area (Å²) in [5.74, 6) is -0.357. The van der Waals surface area contributed by atoms with Gasteiger partial charge in [-0.25, -0.2) is 4.79 Å². The highest BCUT2D eigenvalue weighted by Gasteiger charge is 2.29. The maximum Gasteiger partial charge on any atom is 0.359 e. The summed E-state index contributed by atoms with van der Waals surface area (Å²) < 4.78 is 10.7. The first-order valence-corrected chi connectivity index (χ1v) is 5.90. The molecule has 2 rings (SSSR count). The van der Waals surface area contributed by atoms with Gasteiger partial charge in [0, 0.05) is 24.1 Å². The van der Waals surface area contributed by atoms with Crippen molar-refractivity contribution in [2.24, 2.45) is 0 Å². The summed E-state index contributed by atoms with van der Waals surface area (Å²) in [5.41, 5.74) is 2.11. The van der Waals surface area contributed by atoms with Crippen LogP contribution < -0.4 is 0 Å². The molecule has 1 aliphatic rings. The highest BCUT2D eigenvalue weighted by atomic mass is 16.5. The fourth-order valence-corrected chi connectivity index (χ4v) is 2.09. The number of hydrogen-bond acceptors (Lipinski definition) is 4. The highest BCUT2D eigenvalue weighted by molar-refractivity contribution is 5.89. The Hall–Kier alpha value is -1.36. The van der Waals surface area contributed by atoms with Crippen molar-refractivity contribution in [2.45, 2.75) is 39.2 Å². The Balaban J connectivity index is 2.29. The second kappa shape index (κ2) is 4.49. The van der Waals surface area contributed by atoms with E-state index in [0.717, 1.165) is 17.7 Å². The monoisotopic (exact) mass is 238 g/mol. The number of aromatic nitrogens is 2. The van der Waals surface area contributed by atoms with Crippen molar-refractivity contribution < 1.29 is 14.3 Å². The molecule has 1 N–H and O–H groups in total.